The van der Waals surface area contributed by atoms with Crippen molar-refractivity contribution >= 4 is 11.7 Å². The summed E-state index contributed by atoms with van der Waals surface area (Å²) in [6, 6.07) is 13.6. The molecule has 5 nitrogen and oxygen atoms in total. The number of benzene rings is 2. The van der Waals surface area contributed by atoms with Gasteiger partial charge in [0.2, 0.25) is 0 Å². The van der Waals surface area contributed by atoms with Crippen LogP contribution in [0.5, 0.6) is 11.5 Å². The first kappa shape index (κ1) is 14.4. The maximum atomic E-state index is 11.8. The van der Waals surface area contributed by atoms with Crippen molar-refractivity contribution in [2.75, 3.05) is 12.3 Å². The van der Waals surface area contributed by atoms with Crippen LogP contribution in [0.25, 0.3) is 0 Å². The van der Waals surface area contributed by atoms with E-state index in [2.05, 4.69) is 0 Å². The Kier molecular flexibility index (Phi) is 4.42. The van der Waals surface area contributed by atoms with Crippen molar-refractivity contribution in [1.82, 2.24) is 0 Å². The fourth-order valence-corrected chi connectivity index (χ4v) is 1.78. The van der Waals surface area contributed by atoms with Gasteiger partial charge >= 0.3 is 5.97 Å². The van der Waals surface area contributed by atoms with Gasteiger partial charge in [0.1, 0.15) is 5.75 Å². The van der Waals surface area contributed by atoms with Crippen LogP contribution in [0.2, 0.25) is 0 Å². The third-order valence-corrected chi connectivity index (χ3v) is 2.75. The van der Waals surface area contributed by atoms with Crippen molar-refractivity contribution in [2.24, 2.45) is 0 Å². The Hall–Kier alpha value is -3.00. The molecule has 2 N–H and O–H groups in total. The zero-order chi connectivity index (χ0) is 15.2. The van der Waals surface area contributed by atoms with Gasteiger partial charge < -0.3 is 15.2 Å². The van der Waals surface area contributed by atoms with Crippen LogP contribution in [0, 0.1) is 11.3 Å². The van der Waals surface area contributed by atoms with E-state index in [0.717, 1.165) is 0 Å². The molecule has 0 bridgehead atoms. The first-order valence-corrected chi connectivity index (χ1v) is 6.39. The number of para-hydroxylation sites is 1. The van der Waals surface area contributed by atoms with E-state index in [1.54, 1.807) is 49.4 Å². The molecule has 106 valence electrons. The molecule has 0 aliphatic rings. The fraction of sp³-hybridized carbons (Fsp3) is 0.125. The molecular formula is C16H14N2O3. The van der Waals surface area contributed by atoms with Gasteiger partial charge in [-0.3, -0.25) is 0 Å². The van der Waals surface area contributed by atoms with Crippen molar-refractivity contribution in [2.45, 2.75) is 6.92 Å². The average Bonchev–Trinajstić information content (AvgIpc) is 2.50. The molecule has 0 amide bonds. The molecule has 0 atom stereocenters. The number of rotatable bonds is 4. The SMILES string of the molecule is CCOC(=O)c1cccc(Oc2cccc(C#N)c2)c1N. The van der Waals surface area contributed by atoms with Crippen LogP contribution >= 0.6 is 0 Å². The molecule has 5 heteroatoms. The van der Waals surface area contributed by atoms with Crippen LogP contribution in [0.15, 0.2) is 42.5 Å². The van der Waals surface area contributed by atoms with Crippen LogP contribution < -0.4 is 10.5 Å². The van der Waals surface area contributed by atoms with Gasteiger partial charge in [0.15, 0.2) is 5.75 Å². The number of nitrogens with zero attached hydrogens (tertiary/aromatic N) is 1. The molecule has 0 unspecified atom stereocenters. The minimum absolute atomic E-state index is 0.207. The van der Waals surface area contributed by atoms with E-state index in [-0.39, 0.29) is 17.9 Å². The smallest absolute Gasteiger partial charge is 0.340 e. The number of nitrogen functional groups attached to an aromatic ring is 1. The van der Waals surface area contributed by atoms with Crippen LogP contribution in [0.4, 0.5) is 5.69 Å². The van der Waals surface area contributed by atoms with E-state index < -0.39 is 5.97 Å². The quantitative estimate of drug-likeness (QED) is 0.688. The van der Waals surface area contributed by atoms with Crippen molar-refractivity contribution < 1.29 is 14.3 Å². The van der Waals surface area contributed by atoms with E-state index in [1.807, 2.05) is 6.07 Å². The van der Waals surface area contributed by atoms with E-state index in [0.29, 0.717) is 17.1 Å². The number of hydrogen-bond acceptors (Lipinski definition) is 5. The lowest BCUT2D eigenvalue weighted by Crippen LogP contribution is -2.08. The number of carbonyl (C=O) groups is 1. The molecule has 0 aromatic heterocycles. The Bertz CT molecular complexity index is 705. The molecule has 2 rings (SSSR count). The summed E-state index contributed by atoms with van der Waals surface area (Å²) < 4.78 is 10.6. The van der Waals surface area contributed by atoms with Crippen molar-refractivity contribution in [3.05, 3.63) is 53.6 Å². The molecule has 0 saturated carbocycles. The van der Waals surface area contributed by atoms with E-state index in [9.17, 15) is 4.79 Å². The van der Waals surface area contributed by atoms with Crippen LogP contribution in [0.3, 0.4) is 0 Å². The monoisotopic (exact) mass is 282 g/mol. The summed E-state index contributed by atoms with van der Waals surface area (Å²) in [5, 5.41) is 8.87. The maximum absolute atomic E-state index is 11.8. The number of anilines is 1. The van der Waals surface area contributed by atoms with Crippen molar-refractivity contribution in [3.8, 4) is 17.6 Å². The Labute approximate surface area is 122 Å². The zero-order valence-electron chi connectivity index (χ0n) is 11.5. The number of hydrogen-bond donors (Lipinski definition) is 1. The summed E-state index contributed by atoms with van der Waals surface area (Å²) >= 11 is 0. The second-order valence-electron chi connectivity index (χ2n) is 4.18. The second-order valence-corrected chi connectivity index (χ2v) is 4.18. The summed E-state index contributed by atoms with van der Waals surface area (Å²) in [5.74, 6) is 0.323. The van der Waals surface area contributed by atoms with Gasteiger partial charge in [0.25, 0.3) is 0 Å². The van der Waals surface area contributed by atoms with Crippen molar-refractivity contribution in [3.63, 3.8) is 0 Å². The minimum atomic E-state index is -0.494. The van der Waals surface area contributed by atoms with Gasteiger partial charge in [-0.05, 0) is 37.3 Å². The van der Waals surface area contributed by atoms with Gasteiger partial charge in [0, 0.05) is 0 Å². The summed E-state index contributed by atoms with van der Waals surface area (Å²) in [6.45, 7) is 2.00. The number of carbonyl (C=O) groups excluding carboxylic acids is 1. The van der Waals surface area contributed by atoms with E-state index in [1.165, 1.54) is 0 Å². The molecular weight excluding hydrogens is 268 g/mol. The highest BCUT2D eigenvalue weighted by molar-refractivity contribution is 5.96. The fourth-order valence-electron chi connectivity index (χ4n) is 1.78. The Morgan fingerprint density at radius 2 is 2.05 bits per heavy atom. The van der Waals surface area contributed by atoms with Gasteiger partial charge in [-0.25, -0.2) is 4.79 Å². The van der Waals surface area contributed by atoms with Crippen molar-refractivity contribution in [1.29, 1.82) is 5.26 Å². The Morgan fingerprint density at radius 1 is 1.29 bits per heavy atom. The number of ether oxygens (including phenoxy) is 2. The highest BCUT2D eigenvalue weighted by atomic mass is 16.5. The predicted octanol–water partition coefficient (Wildman–Crippen LogP) is 3.11. The topological polar surface area (TPSA) is 85.3 Å². The summed E-state index contributed by atoms with van der Waals surface area (Å²) in [5.41, 5.74) is 6.88. The van der Waals surface area contributed by atoms with Gasteiger partial charge in [-0.1, -0.05) is 12.1 Å². The molecule has 0 saturated heterocycles. The molecule has 0 radical (unpaired) electrons. The lowest BCUT2D eigenvalue weighted by Gasteiger charge is -2.11. The highest BCUT2D eigenvalue weighted by Gasteiger charge is 2.14. The number of esters is 1. The Morgan fingerprint density at radius 3 is 2.76 bits per heavy atom. The van der Waals surface area contributed by atoms with Gasteiger partial charge in [0.05, 0.1) is 29.5 Å². The second kappa shape index (κ2) is 6.44. The molecule has 0 aliphatic heterocycles. The van der Waals surface area contributed by atoms with Gasteiger partial charge in [-0.2, -0.15) is 5.26 Å². The zero-order valence-corrected chi connectivity index (χ0v) is 11.5. The lowest BCUT2D eigenvalue weighted by molar-refractivity contribution is 0.0527. The third kappa shape index (κ3) is 3.31. The summed E-state index contributed by atoms with van der Waals surface area (Å²) in [6.07, 6.45) is 0. The minimum Gasteiger partial charge on any atom is -0.462 e. The van der Waals surface area contributed by atoms with Gasteiger partial charge in [-0.15, -0.1) is 0 Å². The molecule has 0 aliphatic carbocycles. The maximum Gasteiger partial charge on any atom is 0.340 e. The van der Waals surface area contributed by atoms with Crippen LogP contribution in [-0.4, -0.2) is 12.6 Å². The standard InChI is InChI=1S/C16H14N2O3/c1-2-20-16(19)13-7-4-8-14(15(13)18)21-12-6-3-5-11(9-12)10-17/h3-9H,2,18H2,1H3. The van der Waals surface area contributed by atoms with E-state index in [4.69, 9.17) is 20.5 Å². The molecule has 0 heterocycles. The highest BCUT2D eigenvalue weighted by Crippen LogP contribution is 2.30. The normalized spacial score (nSPS) is 9.71. The summed E-state index contributed by atoms with van der Waals surface area (Å²) in [4.78, 5) is 11.8. The number of nitriles is 1. The molecule has 0 fully saturated rings. The Balaban J connectivity index is 2.30. The largest absolute Gasteiger partial charge is 0.462 e. The third-order valence-electron chi connectivity index (χ3n) is 2.75. The molecule has 21 heavy (non-hydrogen) atoms. The predicted molar refractivity (Wildman–Crippen MR) is 78.0 cm³/mol. The first-order valence-electron chi connectivity index (χ1n) is 6.39. The van der Waals surface area contributed by atoms with Crippen LogP contribution in [0.1, 0.15) is 22.8 Å². The summed E-state index contributed by atoms with van der Waals surface area (Å²) in [7, 11) is 0. The number of nitrogens with two attached hydrogens (primary N) is 1. The molecule has 0 spiro atoms. The van der Waals surface area contributed by atoms with E-state index >= 15 is 0 Å². The molecule has 2 aromatic carbocycles. The average molecular weight is 282 g/mol. The lowest BCUT2D eigenvalue weighted by atomic mass is 10.1. The molecule has 2 aromatic rings. The van der Waals surface area contributed by atoms with Crippen LogP contribution in [-0.2, 0) is 4.74 Å². The first-order chi connectivity index (χ1) is 10.2.